The number of para-hydroxylation sites is 2. The first-order valence-corrected chi connectivity index (χ1v) is 9.87. The largest absolute Gasteiger partial charge is 0.495 e. The predicted molar refractivity (Wildman–Crippen MR) is 106 cm³/mol. The molecule has 1 N–H and O–H groups in total. The monoisotopic (exact) mass is 400 g/mol. The zero-order valence-corrected chi connectivity index (χ0v) is 16.5. The average molecular weight is 400 g/mol. The molecule has 146 valence electrons. The van der Waals surface area contributed by atoms with Crippen LogP contribution in [0, 0.1) is 5.82 Å². The van der Waals surface area contributed by atoms with Crippen molar-refractivity contribution >= 4 is 17.7 Å². The Kier molecular flexibility index (Phi) is 6.65. The minimum atomic E-state index is -0.564. The summed E-state index contributed by atoms with van der Waals surface area (Å²) in [7, 11) is 1.60. The molecule has 0 radical (unpaired) electrons. The number of methoxy groups -OCH3 is 1. The third-order valence-electron chi connectivity index (χ3n) is 3.99. The highest BCUT2D eigenvalue weighted by molar-refractivity contribution is 7.99. The van der Waals surface area contributed by atoms with Gasteiger partial charge in [-0.05, 0) is 30.7 Å². The van der Waals surface area contributed by atoms with E-state index in [1.807, 2.05) is 28.8 Å². The molecule has 3 rings (SSSR count). The number of carbonyl (C=O) groups excluding carboxylic acids is 1. The number of thioether (sulfide) groups is 1. The smallest absolute Gasteiger partial charge is 0.254 e. The highest BCUT2D eigenvalue weighted by atomic mass is 32.2. The molecule has 0 spiro atoms. The van der Waals surface area contributed by atoms with Gasteiger partial charge in [-0.3, -0.25) is 9.36 Å². The lowest BCUT2D eigenvalue weighted by molar-refractivity contribution is 0.0945. The number of amides is 1. The summed E-state index contributed by atoms with van der Waals surface area (Å²) in [5.74, 6) is 1.02. The zero-order chi connectivity index (χ0) is 19.9. The zero-order valence-electron chi connectivity index (χ0n) is 15.7. The summed E-state index contributed by atoms with van der Waals surface area (Å²) in [4.78, 5) is 12.4. The van der Waals surface area contributed by atoms with Crippen molar-refractivity contribution in [2.45, 2.75) is 25.0 Å². The van der Waals surface area contributed by atoms with Crippen LogP contribution in [0.3, 0.4) is 0 Å². The van der Waals surface area contributed by atoms with Gasteiger partial charge in [-0.25, -0.2) is 4.39 Å². The Balaban J connectivity index is 1.90. The Bertz CT molecular complexity index is 961. The first kappa shape index (κ1) is 19.9. The van der Waals surface area contributed by atoms with Crippen LogP contribution in [0.1, 0.15) is 29.5 Å². The molecule has 3 aromatic rings. The molecule has 2 aromatic carbocycles. The molecule has 0 aliphatic heterocycles. The van der Waals surface area contributed by atoms with E-state index in [9.17, 15) is 9.18 Å². The number of nitrogens with one attached hydrogen (secondary N) is 1. The molecular formula is C20H21FN4O2S. The minimum absolute atomic E-state index is 0.00793. The van der Waals surface area contributed by atoms with Crippen LogP contribution in [-0.4, -0.2) is 33.5 Å². The Morgan fingerprint density at radius 3 is 2.68 bits per heavy atom. The second-order valence-electron chi connectivity index (χ2n) is 5.92. The number of hydrogen-bond acceptors (Lipinski definition) is 5. The maximum absolute atomic E-state index is 13.8. The lowest BCUT2D eigenvalue weighted by atomic mass is 10.2. The van der Waals surface area contributed by atoms with Gasteiger partial charge in [0.05, 0.1) is 24.9 Å². The molecule has 1 aromatic heterocycles. The molecule has 0 saturated carbocycles. The van der Waals surface area contributed by atoms with E-state index < -0.39 is 11.7 Å². The van der Waals surface area contributed by atoms with Crippen molar-refractivity contribution in [2.75, 3.05) is 12.9 Å². The number of benzene rings is 2. The number of nitrogens with zero attached hydrogens (tertiary/aromatic N) is 3. The van der Waals surface area contributed by atoms with Crippen molar-refractivity contribution in [1.29, 1.82) is 0 Å². The van der Waals surface area contributed by atoms with Crippen LogP contribution < -0.4 is 10.1 Å². The summed E-state index contributed by atoms with van der Waals surface area (Å²) < 4.78 is 21.2. The summed E-state index contributed by atoms with van der Waals surface area (Å²) in [6.07, 6.45) is 0.989. The molecule has 6 nitrogen and oxygen atoms in total. The van der Waals surface area contributed by atoms with E-state index in [2.05, 4.69) is 22.4 Å². The second-order valence-corrected chi connectivity index (χ2v) is 6.98. The molecule has 8 heteroatoms. The molecule has 0 bridgehead atoms. The van der Waals surface area contributed by atoms with Crippen LogP contribution in [0.25, 0.3) is 5.69 Å². The van der Waals surface area contributed by atoms with Crippen molar-refractivity contribution in [3.63, 3.8) is 0 Å². The van der Waals surface area contributed by atoms with Gasteiger partial charge in [0.2, 0.25) is 0 Å². The number of aromatic nitrogens is 3. The topological polar surface area (TPSA) is 69.0 Å². The number of halogens is 1. The Hall–Kier alpha value is -2.87. The van der Waals surface area contributed by atoms with Crippen molar-refractivity contribution < 1.29 is 13.9 Å². The number of ether oxygens (including phenoxy) is 1. The molecule has 1 amide bonds. The Labute approximate surface area is 167 Å². The summed E-state index contributed by atoms with van der Waals surface area (Å²) in [6, 6.07) is 13.4. The van der Waals surface area contributed by atoms with E-state index in [1.165, 1.54) is 12.1 Å². The van der Waals surface area contributed by atoms with Gasteiger partial charge in [0.15, 0.2) is 11.0 Å². The van der Waals surface area contributed by atoms with Crippen LogP contribution in [0.15, 0.2) is 53.7 Å². The number of rotatable bonds is 8. The van der Waals surface area contributed by atoms with Gasteiger partial charge in [0.25, 0.3) is 5.91 Å². The van der Waals surface area contributed by atoms with Gasteiger partial charge in [0.1, 0.15) is 11.6 Å². The lowest BCUT2D eigenvalue weighted by Gasteiger charge is -2.14. The van der Waals surface area contributed by atoms with Crippen molar-refractivity contribution in [3.8, 4) is 11.4 Å². The quantitative estimate of drug-likeness (QED) is 0.582. The second kappa shape index (κ2) is 9.36. The summed E-state index contributed by atoms with van der Waals surface area (Å²) in [5.41, 5.74) is 0.773. The van der Waals surface area contributed by atoms with Gasteiger partial charge >= 0.3 is 0 Å². The Morgan fingerprint density at radius 1 is 1.18 bits per heavy atom. The number of carbonyl (C=O) groups is 1. The first-order chi connectivity index (χ1) is 13.7. The minimum Gasteiger partial charge on any atom is -0.495 e. The molecule has 0 fully saturated rings. The van der Waals surface area contributed by atoms with E-state index in [0.717, 1.165) is 17.9 Å². The van der Waals surface area contributed by atoms with Crippen LogP contribution in [-0.2, 0) is 6.54 Å². The third kappa shape index (κ3) is 4.33. The van der Waals surface area contributed by atoms with Crippen LogP contribution >= 0.6 is 11.8 Å². The molecule has 1 heterocycles. The van der Waals surface area contributed by atoms with E-state index in [1.54, 1.807) is 31.0 Å². The summed E-state index contributed by atoms with van der Waals surface area (Å²) >= 11 is 1.58. The first-order valence-electron chi connectivity index (χ1n) is 8.89. The Morgan fingerprint density at radius 2 is 1.93 bits per heavy atom. The van der Waals surface area contributed by atoms with E-state index >= 15 is 0 Å². The van der Waals surface area contributed by atoms with Gasteiger partial charge in [0, 0.05) is 5.75 Å². The van der Waals surface area contributed by atoms with Crippen LogP contribution in [0.2, 0.25) is 0 Å². The fraction of sp³-hybridized carbons (Fsp3) is 0.250. The van der Waals surface area contributed by atoms with E-state index in [4.69, 9.17) is 4.74 Å². The molecule has 0 saturated heterocycles. The maximum atomic E-state index is 13.8. The molecule has 0 unspecified atom stereocenters. The number of hydrogen-bond donors (Lipinski definition) is 1. The predicted octanol–water partition coefficient (Wildman–Crippen LogP) is 3.85. The highest BCUT2D eigenvalue weighted by Crippen LogP contribution is 2.28. The summed E-state index contributed by atoms with van der Waals surface area (Å²) in [6.45, 7) is 2.19. The van der Waals surface area contributed by atoms with Gasteiger partial charge in [-0.1, -0.05) is 43.0 Å². The highest BCUT2D eigenvalue weighted by Gasteiger charge is 2.18. The fourth-order valence-electron chi connectivity index (χ4n) is 2.66. The van der Waals surface area contributed by atoms with E-state index in [-0.39, 0.29) is 12.1 Å². The van der Waals surface area contributed by atoms with Gasteiger partial charge < -0.3 is 10.1 Å². The lowest BCUT2D eigenvalue weighted by Crippen LogP contribution is -2.25. The van der Waals surface area contributed by atoms with Crippen molar-refractivity contribution in [3.05, 3.63) is 65.7 Å². The fourth-order valence-corrected chi connectivity index (χ4v) is 3.48. The average Bonchev–Trinajstić information content (AvgIpc) is 3.13. The van der Waals surface area contributed by atoms with E-state index in [0.29, 0.717) is 16.7 Å². The standard InChI is InChI=1S/C20H21FN4O2S/c1-3-12-28-20-24-23-18(25(20)16-10-6-7-11-17(16)27-2)13-22-19(26)14-8-4-5-9-15(14)21/h4-11H,3,12-13H2,1-2H3,(H,22,26). The van der Waals surface area contributed by atoms with Crippen LogP contribution in [0.5, 0.6) is 5.75 Å². The summed E-state index contributed by atoms with van der Waals surface area (Å²) in [5, 5.41) is 11.9. The van der Waals surface area contributed by atoms with Crippen LogP contribution in [0.4, 0.5) is 4.39 Å². The van der Waals surface area contributed by atoms with Crippen molar-refractivity contribution in [1.82, 2.24) is 20.1 Å². The maximum Gasteiger partial charge on any atom is 0.254 e. The molecule has 0 aliphatic rings. The van der Waals surface area contributed by atoms with Gasteiger partial charge in [-0.2, -0.15) is 0 Å². The van der Waals surface area contributed by atoms with Crippen molar-refractivity contribution in [2.24, 2.45) is 0 Å². The molecule has 0 atom stereocenters. The molecule has 28 heavy (non-hydrogen) atoms. The SMILES string of the molecule is CCCSc1nnc(CNC(=O)c2ccccc2F)n1-c1ccccc1OC. The normalized spacial score (nSPS) is 10.7. The third-order valence-corrected chi connectivity index (χ3v) is 5.12. The molecule has 0 aliphatic carbocycles. The molecular weight excluding hydrogens is 379 g/mol. The van der Waals surface area contributed by atoms with Gasteiger partial charge in [-0.15, -0.1) is 10.2 Å².